The van der Waals surface area contributed by atoms with Crippen LogP contribution < -0.4 is 14.4 Å². The molecular weight excluding hydrogens is 290 g/mol. The van der Waals surface area contributed by atoms with Crippen molar-refractivity contribution in [2.24, 2.45) is 0 Å². The first kappa shape index (κ1) is 15.4. The van der Waals surface area contributed by atoms with Crippen LogP contribution in [0.1, 0.15) is 18.1 Å². The van der Waals surface area contributed by atoms with E-state index in [9.17, 15) is 4.79 Å². The molecular formula is C19H21NO3. The van der Waals surface area contributed by atoms with Gasteiger partial charge in [-0.1, -0.05) is 18.2 Å². The number of rotatable bonds is 3. The third kappa shape index (κ3) is 3.47. The molecule has 120 valence electrons. The van der Waals surface area contributed by atoms with Crippen LogP contribution in [-0.2, 0) is 4.79 Å². The predicted octanol–water partition coefficient (Wildman–Crippen LogP) is 3.50. The molecule has 0 radical (unpaired) electrons. The fourth-order valence-electron chi connectivity index (χ4n) is 2.86. The van der Waals surface area contributed by atoms with Gasteiger partial charge in [-0.15, -0.1) is 0 Å². The molecule has 1 aliphatic rings. The Morgan fingerprint density at radius 1 is 1.22 bits per heavy atom. The number of hydrogen-bond donors (Lipinski definition) is 0. The summed E-state index contributed by atoms with van der Waals surface area (Å²) in [4.78, 5) is 14.3. The molecule has 0 N–H and O–H groups in total. The zero-order valence-electron chi connectivity index (χ0n) is 13.7. The van der Waals surface area contributed by atoms with Gasteiger partial charge in [0.25, 0.3) is 5.91 Å². The summed E-state index contributed by atoms with van der Waals surface area (Å²) in [5.74, 6) is 1.41. The van der Waals surface area contributed by atoms with Gasteiger partial charge in [0.1, 0.15) is 17.6 Å². The van der Waals surface area contributed by atoms with Gasteiger partial charge in [-0.3, -0.25) is 4.79 Å². The fraction of sp³-hybridized carbons (Fsp3) is 0.316. The molecule has 0 aromatic heterocycles. The lowest BCUT2D eigenvalue weighted by Gasteiger charge is -2.33. The molecule has 0 spiro atoms. The van der Waals surface area contributed by atoms with Crippen LogP contribution in [-0.4, -0.2) is 25.2 Å². The Kier molecular flexibility index (Phi) is 4.24. The lowest BCUT2D eigenvalue weighted by molar-refractivity contribution is -0.121. The van der Waals surface area contributed by atoms with E-state index in [4.69, 9.17) is 9.47 Å². The summed E-state index contributed by atoms with van der Waals surface area (Å²) in [7, 11) is 0. The Bertz CT molecular complexity index is 706. The van der Waals surface area contributed by atoms with E-state index >= 15 is 0 Å². The monoisotopic (exact) mass is 311 g/mol. The number of aryl methyl sites for hydroxylation is 2. The Labute approximate surface area is 136 Å². The molecule has 3 rings (SSSR count). The first-order valence-electron chi connectivity index (χ1n) is 7.80. The molecule has 23 heavy (non-hydrogen) atoms. The van der Waals surface area contributed by atoms with Crippen molar-refractivity contribution in [3.05, 3.63) is 53.6 Å². The van der Waals surface area contributed by atoms with Crippen molar-refractivity contribution >= 4 is 11.6 Å². The van der Waals surface area contributed by atoms with E-state index in [1.165, 1.54) is 0 Å². The molecule has 0 saturated carbocycles. The van der Waals surface area contributed by atoms with E-state index in [1.54, 1.807) is 4.90 Å². The summed E-state index contributed by atoms with van der Waals surface area (Å²) >= 11 is 0. The van der Waals surface area contributed by atoms with Crippen LogP contribution in [0.5, 0.6) is 11.5 Å². The van der Waals surface area contributed by atoms with Crippen LogP contribution in [0.2, 0.25) is 0 Å². The summed E-state index contributed by atoms with van der Waals surface area (Å²) < 4.78 is 11.5. The second-order valence-electron chi connectivity index (χ2n) is 6.01. The third-order valence-corrected chi connectivity index (χ3v) is 3.78. The average molecular weight is 311 g/mol. The Balaban J connectivity index is 1.73. The molecule has 4 heteroatoms. The van der Waals surface area contributed by atoms with E-state index in [0.717, 1.165) is 28.3 Å². The van der Waals surface area contributed by atoms with Gasteiger partial charge < -0.3 is 14.4 Å². The number of benzene rings is 2. The largest absolute Gasteiger partial charge is 0.487 e. The lowest BCUT2D eigenvalue weighted by atomic mass is 10.1. The van der Waals surface area contributed by atoms with Crippen molar-refractivity contribution in [2.45, 2.75) is 26.9 Å². The molecule has 1 aliphatic heterocycles. The van der Waals surface area contributed by atoms with Crippen molar-refractivity contribution < 1.29 is 14.3 Å². The van der Waals surface area contributed by atoms with Gasteiger partial charge >= 0.3 is 0 Å². The minimum absolute atomic E-state index is 0.0178. The van der Waals surface area contributed by atoms with Crippen LogP contribution >= 0.6 is 0 Å². The summed E-state index contributed by atoms with van der Waals surface area (Å²) in [6, 6.07) is 13.6. The normalized spacial score (nSPS) is 16.5. The number of para-hydroxylation sites is 2. The first-order valence-corrected chi connectivity index (χ1v) is 7.80. The highest BCUT2D eigenvalue weighted by Gasteiger charge is 2.27. The van der Waals surface area contributed by atoms with Gasteiger partial charge in [-0.2, -0.15) is 0 Å². The maximum absolute atomic E-state index is 12.6. The maximum Gasteiger partial charge on any atom is 0.265 e. The van der Waals surface area contributed by atoms with Gasteiger partial charge in [0.15, 0.2) is 6.61 Å². The van der Waals surface area contributed by atoms with Crippen LogP contribution in [0.25, 0.3) is 0 Å². The van der Waals surface area contributed by atoms with E-state index in [-0.39, 0.29) is 18.6 Å². The zero-order chi connectivity index (χ0) is 16.4. The second kappa shape index (κ2) is 6.32. The predicted molar refractivity (Wildman–Crippen MR) is 90.3 cm³/mol. The number of carbonyl (C=O) groups is 1. The minimum atomic E-state index is -0.0632. The van der Waals surface area contributed by atoms with Crippen molar-refractivity contribution in [3.63, 3.8) is 0 Å². The van der Waals surface area contributed by atoms with E-state index < -0.39 is 0 Å². The summed E-state index contributed by atoms with van der Waals surface area (Å²) in [6.07, 6.45) is -0.0323. The molecule has 0 saturated heterocycles. The summed E-state index contributed by atoms with van der Waals surface area (Å²) in [5.41, 5.74) is 3.05. The van der Waals surface area contributed by atoms with Crippen LogP contribution in [0.3, 0.4) is 0 Å². The number of ether oxygens (including phenoxy) is 2. The Morgan fingerprint density at radius 2 is 1.91 bits per heavy atom. The van der Waals surface area contributed by atoms with Crippen molar-refractivity contribution in [2.75, 3.05) is 18.1 Å². The molecule has 0 unspecified atom stereocenters. The fourth-order valence-corrected chi connectivity index (χ4v) is 2.86. The quantitative estimate of drug-likeness (QED) is 0.871. The molecule has 0 bridgehead atoms. The Hall–Kier alpha value is -2.49. The second-order valence-corrected chi connectivity index (χ2v) is 6.01. The van der Waals surface area contributed by atoms with Crippen molar-refractivity contribution in [1.82, 2.24) is 0 Å². The molecule has 0 aliphatic carbocycles. The van der Waals surface area contributed by atoms with Gasteiger partial charge in [-0.25, -0.2) is 0 Å². The van der Waals surface area contributed by atoms with Gasteiger partial charge in [0.2, 0.25) is 0 Å². The highest BCUT2D eigenvalue weighted by molar-refractivity contribution is 5.96. The molecule has 2 aromatic carbocycles. The van der Waals surface area contributed by atoms with Gasteiger partial charge in [0, 0.05) is 0 Å². The van der Waals surface area contributed by atoms with Crippen LogP contribution in [0.4, 0.5) is 5.69 Å². The Morgan fingerprint density at radius 3 is 2.65 bits per heavy atom. The third-order valence-electron chi connectivity index (χ3n) is 3.78. The number of nitrogens with zero attached hydrogens (tertiary/aromatic N) is 1. The number of carbonyl (C=O) groups excluding carboxylic acids is 1. The van der Waals surface area contributed by atoms with E-state index in [1.807, 2.05) is 57.2 Å². The summed E-state index contributed by atoms with van der Waals surface area (Å²) in [6.45, 7) is 6.54. The number of fused-ring (bicyclic) bond motifs is 1. The molecule has 1 heterocycles. The highest BCUT2D eigenvalue weighted by Crippen LogP contribution is 2.33. The molecule has 1 amide bonds. The smallest absolute Gasteiger partial charge is 0.265 e. The van der Waals surface area contributed by atoms with Crippen LogP contribution in [0, 0.1) is 13.8 Å². The number of amides is 1. The molecule has 0 fully saturated rings. The standard InChI is InChI=1S/C19H21NO3/c1-13-8-14(2)10-16(9-13)22-12-19(21)20-11-15(3)23-18-7-5-4-6-17(18)20/h4-10,15H,11-12H2,1-3H3/t15-/m1/s1. The van der Waals surface area contributed by atoms with Gasteiger partial charge in [-0.05, 0) is 56.2 Å². The van der Waals surface area contributed by atoms with Crippen molar-refractivity contribution in [3.8, 4) is 11.5 Å². The number of anilines is 1. The van der Waals surface area contributed by atoms with E-state index in [2.05, 4.69) is 6.07 Å². The van der Waals surface area contributed by atoms with Crippen molar-refractivity contribution in [1.29, 1.82) is 0 Å². The topological polar surface area (TPSA) is 38.8 Å². The highest BCUT2D eigenvalue weighted by atomic mass is 16.5. The first-order chi connectivity index (χ1) is 11.0. The average Bonchev–Trinajstić information content (AvgIpc) is 2.51. The SMILES string of the molecule is Cc1cc(C)cc(OCC(=O)N2C[C@@H](C)Oc3ccccc32)c1. The number of hydrogen-bond acceptors (Lipinski definition) is 3. The zero-order valence-corrected chi connectivity index (χ0v) is 13.7. The van der Waals surface area contributed by atoms with Gasteiger partial charge in [0.05, 0.1) is 12.2 Å². The minimum Gasteiger partial charge on any atom is -0.487 e. The summed E-state index contributed by atoms with van der Waals surface area (Å²) in [5, 5.41) is 0. The van der Waals surface area contributed by atoms with E-state index in [0.29, 0.717) is 6.54 Å². The molecule has 1 atom stereocenters. The maximum atomic E-state index is 12.6. The van der Waals surface area contributed by atoms with Crippen LogP contribution in [0.15, 0.2) is 42.5 Å². The lowest BCUT2D eigenvalue weighted by Crippen LogP contribution is -2.44. The molecule has 2 aromatic rings. The molecule has 4 nitrogen and oxygen atoms in total.